The predicted octanol–water partition coefficient (Wildman–Crippen LogP) is 4.24. The molecule has 2 heterocycles. The molecule has 0 saturated carbocycles. The van der Waals surface area contributed by atoms with Gasteiger partial charge in [0.05, 0.1) is 11.4 Å². The molecule has 0 spiro atoms. The van der Waals surface area contributed by atoms with Gasteiger partial charge in [-0.15, -0.1) is 0 Å². The molecule has 0 radical (unpaired) electrons. The molecule has 1 N–H and O–H groups in total. The van der Waals surface area contributed by atoms with Gasteiger partial charge >= 0.3 is 5.97 Å². The van der Waals surface area contributed by atoms with Gasteiger partial charge in [-0.3, -0.25) is 9.69 Å². The third-order valence-electron chi connectivity index (χ3n) is 5.37. The highest BCUT2D eigenvalue weighted by Crippen LogP contribution is 2.27. The topological polar surface area (TPSA) is 45.5 Å². The number of hydrogen-bond acceptors (Lipinski definition) is 2. The number of carboxylic acids is 1. The second-order valence-electron chi connectivity index (χ2n) is 7.26. The van der Waals surface area contributed by atoms with E-state index in [9.17, 15) is 9.90 Å². The molecule has 0 aliphatic carbocycles. The molecule has 4 nitrogen and oxygen atoms in total. The maximum absolute atomic E-state index is 11.2. The van der Waals surface area contributed by atoms with Crippen molar-refractivity contribution >= 4 is 16.9 Å². The fraction of sp³-hybridized carbons (Fsp3) is 0.318. The zero-order valence-electron chi connectivity index (χ0n) is 15.1. The predicted molar refractivity (Wildman–Crippen MR) is 104 cm³/mol. The summed E-state index contributed by atoms with van der Waals surface area (Å²) in [5.74, 6) is -0.840. The molecule has 0 atom stereocenters. The van der Waals surface area contributed by atoms with Crippen molar-refractivity contribution in [3.63, 3.8) is 0 Å². The van der Waals surface area contributed by atoms with Crippen molar-refractivity contribution in [2.75, 3.05) is 13.1 Å². The normalized spacial score (nSPS) is 16.2. The van der Waals surface area contributed by atoms with E-state index in [0.29, 0.717) is 0 Å². The van der Waals surface area contributed by atoms with Crippen LogP contribution in [0.2, 0.25) is 0 Å². The Kier molecular flexibility index (Phi) is 4.51. The lowest BCUT2D eigenvalue weighted by Gasteiger charge is -2.30. The third-order valence-corrected chi connectivity index (χ3v) is 5.37. The third kappa shape index (κ3) is 3.25. The number of aryl methyl sites for hydroxylation is 1. The van der Waals surface area contributed by atoms with Gasteiger partial charge < -0.3 is 9.67 Å². The Morgan fingerprint density at radius 2 is 1.81 bits per heavy atom. The number of fused-ring (bicyclic) bond motifs is 1. The van der Waals surface area contributed by atoms with Crippen molar-refractivity contribution in [2.24, 2.45) is 5.92 Å². The largest absolute Gasteiger partial charge is 0.481 e. The van der Waals surface area contributed by atoms with Crippen LogP contribution in [0.1, 0.15) is 24.1 Å². The van der Waals surface area contributed by atoms with Gasteiger partial charge in [-0.2, -0.15) is 0 Å². The first-order chi connectivity index (χ1) is 12.6. The minimum absolute atomic E-state index is 0.186. The lowest BCUT2D eigenvalue weighted by atomic mass is 9.97. The lowest BCUT2D eigenvalue weighted by molar-refractivity contribution is -0.143. The van der Waals surface area contributed by atoms with Crippen LogP contribution < -0.4 is 0 Å². The number of piperidine rings is 1. The summed E-state index contributed by atoms with van der Waals surface area (Å²) >= 11 is 0. The van der Waals surface area contributed by atoms with Crippen LogP contribution in [0, 0.1) is 12.8 Å². The van der Waals surface area contributed by atoms with Gasteiger partial charge in [0.2, 0.25) is 0 Å². The fourth-order valence-electron chi connectivity index (χ4n) is 3.96. The molecule has 0 bridgehead atoms. The first kappa shape index (κ1) is 16.9. The number of benzene rings is 2. The molecule has 1 saturated heterocycles. The van der Waals surface area contributed by atoms with Gasteiger partial charge in [-0.05, 0) is 63.2 Å². The molecular weight excluding hydrogens is 324 g/mol. The van der Waals surface area contributed by atoms with Crippen LogP contribution in [0.25, 0.3) is 16.6 Å². The molecule has 134 valence electrons. The number of rotatable bonds is 4. The van der Waals surface area contributed by atoms with E-state index in [0.717, 1.165) is 32.5 Å². The summed E-state index contributed by atoms with van der Waals surface area (Å²) < 4.78 is 2.33. The Bertz CT molecular complexity index is 922. The standard InChI is InChI=1S/C22H24N2O2/c1-16-7-8-21-18(13-16)14-20(24(21)19-5-3-2-4-6-19)15-23-11-9-17(10-12-23)22(25)26/h2-8,13-14,17H,9-12,15H2,1H3,(H,25,26). The minimum atomic E-state index is -0.654. The fourth-order valence-corrected chi connectivity index (χ4v) is 3.96. The number of nitrogens with zero attached hydrogens (tertiary/aromatic N) is 2. The Hall–Kier alpha value is -2.59. The van der Waals surface area contributed by atoms with E-state index in [2.05, 4.69) is 64.9 Å². The Balaban J connectivity index is 1.67. The lowest BCUT2D eigenvalue weighted by Crippen LogP contribution is -2.36. The summed E-state index contributed by atoms with van der Waals surface area (Å²) in [6.07, 6.45) is 1.47. The van der Waals surface area contributed by atoms with Crippen LogP contribution in [-0.2, 0) is 11.3 Å². The maximum atomic E-state index is 11.2. The number of carbonyl (C=O) groups is 1. The second kappa shape index (κ2) is 6.96. The quantitative estimate of drug-likeness (QED) is 0.767. The van der Waals surface area contributed by atoms with Gasteiger partial charge in [0, 0.05) is 23.3 Å². The Labute approximate surface area is 153 Å². The monoisotopic (exact) mass is 348 g/mol. The number of hydrogen-bond donors (Lipinski definition) is 1. The average molecular weight is 348 g/mol. The van der Waals surface area contributed by atoms with Crippen molar-refractivity contribution in [3.8, 4) is 5.69 Å². The highest BCUT2D eigenvalue weighted by Gasteiger charge is 2.25. The molecule has 4 rings (SSSR count). The van der Waals surface area contributed by atoms with Gasteiger partial charge in [0.15, 0.2) is 0 Å². The van der Waals surface area contributed by atoms with Crippen molar-refractivity contribution < 1.29 is 9.90 Å². The molecule has 1 aromatic heterocycles. The van der Waals surface area contributed by atoms with E-state index in [1.165, 1.54) is 27.8 Å². The smallest absolute Gasteiger partial charge is 0.306 e. The van der Waals surface area contributed by atoms with E-state index in [1.807, 2.05) is 6.07 Å². The molecule has 1 aliphatic rings. The Morgan fingerprint density at radius 3 is 2.50 bits per heavy atom. The molecule has 26 heavy (non-hydrogen) atoms. The van der Waals surface area contributed by atoms with Gasteiger partial charge in [-0.1, -0.05) is 29.8 Å². The van der Waals surface area contributed by atoms with E-state index in [1.54, 1.807) is 0 Å². The minimum Gasteiger partial charge on any atom is -0.481 e. The number of carboxylic acid groups (broad SMARTS) is 1. The number of aliphatic carboxylic acids is 1. The van der Waals surface area contributed by atoms with Crippen molar-refractivity contribution in [1.82, 2.24) is 9.47 Å². The van der Waals surface area contributed by atoms with Crippen LogP contribution in [0.5, 0.6) is 0 Å². The molecule has 0 amide bonds. The zero-order valence-corrected chi connectivity index (χ0v) is 15.1. The molecular formula is C22H24N2O2. The van der Waals surface area contributed by atoms with E-state index >= 15 is 0 Å². The van der Waals surface area contributed by atoms with Gasteiger partial charge in [0.1, 0.15) is 0 Å². The first-order valence-corrected chi connectivity index (χ1v) is 9.23. The van der Waals surface area contributed by atoms with Crippen LogP contribution in [0.4, 0.5) is 0 Å². The first-order valence-electron chi connectivity index (χ1n) is 9.23. The second-order valence-corrected chi connectivity index (χ2v) is 7.26. The van der Waals surface area contributed by atoms with E-state index in [4.69, 9.17) is 0 Å². The van der Waals surface area contributed by atoms with E-state index < -0.39 is 5.97 Å². The van der Waals surface area contributed by atoms with Crippen molar-refractivity contribution in [2.45, 2.75) is 26.3 Å². The summed E-state index contributed by atoms with van der Waals surface area (Å²) in [5.41, 5.74) is 4.90. The maximum Gasteiger partial charge on any atom is 0.306 e. The number of likely N-dealkylation sites (tertiary alicyclic amines) is 1. The van der Waals surface area contributed by atoms with Crippen LogP contribution in [0.15, 0.2) is 54.6 Å². The highest BCUT2D eigenvalue weighted by molar-refractivity contribution is 5.84. The van der Waals surface area contributed by atoms with Crippen LogP contribution in [-0.4, -0.2) is 33.6 Å². The van der Waals surface area contributed by atoms with Crippen molar-refractivity contribution in [3.05, 3.63) is 65.9 Å². The molecule has 2 aromatic carbocycles. The Morgan fingerprint density at radius 1 is 1.08 bits per heavy atom. The molecule has 0 unspecified atom stereocenters. The van der Waals surface area contributed by atoms with E-state index in [-0.39, 0.29) is 5.92 Å². The summed E-state index contributed by atoms with van der Waals surface area (Å²) in [6, 6.07) is 19.3. The summed E-state index contributed by atoms with van der Waals surface area (Å²) in [4.78, 5) is 13.6. The summed E-state index contributed by atoms with van der Waals surface area (Å²) in [6.45, 7) is 4.64. The number of para-hydroxylation sites is 1. The zero-order chi connectivity index (χ0) is 18.1. The molecule has 1 aliphatic heterocycles. The molecule has 3 aromatic rings. The SMILES string of the molecule is Cc1ccc2c(c1)cc(CN1CCC(C(=O)O)CC1)n2-c1ccccc1. The molecule has 4 heteroatoms. The van der Waals surface area contributed by atoms with Gasteiger partial charge in [-0.25, -0.2) is 0 Å². The van der Waals surface area contributed by atoms with Crippen LogP contribution in [0.3, 0.4) is 0 Å². The van der Waals surface area contributed by atoms with Crippen LogP contribution >= 0.6 is 0 Å². The average Bonchev–Trinajstić information content (AvgIpc) is 2.99. The molecule has 1 fully saturated rings. The van der Waals surface area contributed by atoms with Crippen molar-refractivity contribution in [1.29, 1.82) is 0 Å². The summed E-state index contributed by atoms with van der Waals surface area (Å²) in [5, 5.41) is 10.5. The van der Waals surface area contributed by atoms with Gasteiger partial charge in [0.25, 0.3) is 0 Å². The highest BCUT2D eigenvalue weighted by atomic mass is 16.4. The summed E-state index contributed by atoms with van der Waals surface area (Å²) in [7, 11) is 0. The number of aromatic nitrogens is 1.